The third-order valence-electron chi connectivity index (χ3n) is 3.35. The Kier molecular flexibility index (Phi) is 6.12. The SMILES string of the molecule is CCCC(Cc1cccs1)NCCc1ccccc1. The molecule has 0 spiro atoms. The van der Waals surface area contributed by atoms with Crippen LogP contribution < -0.4 is 5.32 Å². The molecule has 1 atom stereocenters. The lowest BCUT2D eigenvalue weighted by Gasteiger charge is -2.17. The Morgan fingerprint density at radius 2 is 1.95 bits per heavy atom. The summed E-state index contributed by atoms with van der Waals surface area (Å²) in [6, 6.07) is 15.7. The Hall–Kier alpha value is -1.12. The predicted molar refractivity (Wildman–Crippen MR) is 84.9 cm³/mol. The van der Waals surface area contributed by atoms with Crippen LogP contribution in [0.3, 0.4) is 0 Å². The van der Waals surface area contributed by atoms with Crippen molar-refractivity contribution >= 4 is 11.3 Å². The molecule has 19 heavy (non-hydrogen) atoms. The first kappa shape index (κ1) is 14.3. The van der Waals surface area contributed by atoms with Crippen molar-refractivity contribution in [1.29, 1.82) is 0 Å². The molecule has 1 heterocycles. The third-order valence-corrected chi connectivity index (χ3v) is 4.25. The Balaban J connectivity index is 1.77. The number of thiophene rings is 1. The minimum absolute atomic E-state index is 0.618. The summed E-state index contributed by atoms with van der Waals surface area (Å²) in [5.74, 6) is 0. The highest BCUT2D eigenvalue weighted by molar-refractivity contribution is 7.09. The van der Waals surface area contributed by atoms with Gasteiger partial charge in [-0.25, -0.2) is 0 Å². The summed E-state index contributed by atoms with van der Waals surface area (Å²) in [5, 5.41) is 5.88. The van der Waals surface area contributed by atoms with E-state index in [1.165, 1.54) is 29.7 Å². The Labute approximate surface area is 120 Å². The Morgan fingerprint density at radius 1 is 1.11 bits per heavy atom. The first-order valence-corrected chi connectivity index (χ1v) is 8.06. The molecule has 2 heteroatoms. The summed E-state index contributed by atoms with van der Waals surface area (Å²) in [7, 11) is 0. The fraction of sp³-hybridized carbons (Fsp3) is 0.412. The van der Waals surface area contributed by atoms with Crippen molar-refractivity contribution in [3.63, 3.8) is 0 Å². The van der Waals surface area contributed by atoms with E-state index in [1.54, 1.807) is 0 Å². The molecular weight excluding hydrogens is 250 g/mol. The zero-order valence-corrected chi connectivity index (χ0v) is 12.5. The molecule has 0 aliphatic heterocycles. The van der Waals surface area contributed by atoms with Crippen LogP contribution in [0.2, 0.25) is 0 Å². The summed E-state index contributed by atoms with van der Waals surface area (Å²) in [4.78, 5) is 1.49. The van der Waals surface area contributed by atoms with E-state index in [-0.39, 0.29) is 0 Å². The van der Waals surface area contributed by atoms with Crippen LogP contribution in [0.4, 0.5) is 0 Å². The van der Waals surface area contributed by atoms with E-state index in [0.29, 0.717) is 6.04 Å². The smallest absolute Gasteiger partial charge is 0.0115 e. The average molecular weight is 273 g/mol. The summed E-state index contributed by atoms with van der Waals surface area (Å²) in [6.45, 7) is 3.33. The van der Waals surface area contributed by atoms with Crippen molar-refractivity contribution in [3.05, 3.63) is 58.3 Å². The van der Waals surface area contributed by atoms with Gasteiger partial charge in [-0.1, -0.05) is 49.7 Å². The molecule has 0 saturated carbocycles. The lowest BCUT2D eigenvalue weighted by atomic mass is 10.1. The van der Waals surface area contributed by atoms with Gasteiger partial charge in [0.2, 0.25) is 0 Å². The normalized spacial score (nSPS) is 12.5. The molecule has 102 valence electrons. The molecule has 1 unspecified atom stereocenters. The van der Waals surface area contributed by atoms with Crippen LogP contribution in [0.25, 0.3) is 0 Å². The van der Waals surface area contributed by atoms with Crippen molar-refractivity contribution in [3.8, 4) is 0 Å². The molecule has 0 bridgehead atoms. The summed E-state index contributed by atoms with van der Waals surface area (Å²) in [5.41, 5.74) is 1.42. The minimum Gasteiger partial charge on any atom is -0.313 e. The quantitative estimate of drug-likeness (QED) is 0.756. The second kappa shape index (κ2) is 8.13. The van der Waals surface area contributed by atoms with Crippen LogP contribution in [0.15, 0.2) is 47.8 Å². The standard InChI is InChI=1S/C17H23NS/c1-2-7-16(14-17-10-6-13-19-17)18-12-11-15-8-4-3-5-9-15/h3-6,8-10,13,16,18H,2,7,11-12,14H2,1H3. The highest BCUT2D eigenvalue weighted by Gasteiger charge is 2.08. The second-order valence-electron chi connectivity index (χ2n) is 4.96. The molecule has 2 rings (SSSR count). The fourth-order valence-electron chi connectivity index (χ4n) is 2.36. The van der Waals surface area contributed by atoms with Crippen molar-refractivity contribution in [2.45, 2.75) is 38.6 Å². The summed E-state index contributed by atoms with van der Waals surface area (Å²) >= 11 is 1.87. The molecule has 2 aromatic rings. The first-order chi connectivity index (χ1) is 9.38. The van der Waals surface area contributed by atoms with Crippen LogP contribution in [-0.4, -0.2) is 12.6 Å². The second-order valence-corrected chi connectivity index (χ2v) is 5.99. The van der Waals surface area contributed by atoms with Gasteiger partial charge in [-0.3, -0.25) is 0 Å². The van der Waals surface area contributed by atoms with Crippen LogP contribution in [0.1, 0.15) is 30.2 Å². The zero-order valence-electron chi connectivity index (χ0n) is 11.6. The van der Waals surface area contributed by atoms with E-state index < -0.39 is 0 Å². The van der Waals surface area contributed by atoms with Gasteiger partial charge >= 0.3 is 0 Å². The summed E-state index contributed by atoms with van der Waals surface area (Å²) in [6.07, 6.45) is 4.78. The van der Waals surface area contributed by atoms with E-state index in [2.05, 4.69) is 60.1 Å². The zero-order chi connectivity index (χ0) is 13.3. The maximum atomic E-state index is 3.71. The van der Waals surface area contributed by atoms with Crippen molar-refractivity contribution < 1.29 is 0 Å². The molecule has 0 radical (unpaired) electrons. The lowest BCUT2D eigenvalue weighted by molar-refractivity contribution is 0.478. The molecule has 0 aliphatic carbocycles. The van der Waals surface area contributed by atoms with E-state index in [0.717, 1.165) is 13.0 Å². The van der Waals surface area contributed by atoms with E-state index in [1.807, 2.05) is 11.3 Å². The third kappa shape index (κ3) is 5.17. The number of hydrogen-bond donors (Lipinski definition) is 1. The largest absolute Gasteiger partial charge is 0.313 e. The minimum atomic E-state index is 0.618. The Morgan fingerprint density at radius 3 is 2.63 bits per heavy atom. The van der Waals surface area contributed by atoms with Gasteiger partial charge in [0, 0.05) is 10.9 Å². The van der Waals surface area contributed by atoms with Gasteiger partial charge in [0.15, 0.2) is 0 Å². The van der Waals surface area contributed by atoms with Gasteiger partial charge in [-0.15, -0.1) is 11.3 Å². The van der Waals surface area contributed by atoms with Crippen molar-refractivity contribution in [2.24, 2.45) is 0 Å². The molecule has 1 N–H and O–H groups in total. The monoisotopic (exact) mass is 273 g/mol. The van der Waals surface area contributed by atoms with Crippen molar-refractivity contribution in [2.75, 3.05) is 6.54 Å². The van der Waals surface area contributed by atoms with Crippen LogP contribution >= 0.6 is 11.3 Å². The summed E-state index contributed by atoms with van der Waals surface area (Å²) < 4.78 is 0. The molecule has 0 fully saturated rings. The fourth-order valence-corrected chi connectivity index (χ4v) is 3.15. The number of benzene rings is 1. The van der Waals surface area contributed by atoms with E-state index in [4.69, 9.17) is 0 Å². The number of hydrogen-bond acceptors (Lipinski definition) is 2. The highest BCUT2D eigenvalue weighted by Crippen LogP contribution is 2.13. The van der Waals surface area contributed by atoms with Gasteiger partial charge in [0.25, 0.3) is 0 Å². The van der Waals surface area contributed by atoms with Gasteiger partial charge in [0.05, 0.1) is 0 Å². The predicted octanol–water partition coefficient (Wildman–Crippen LogP) is 4.29. The molecule has 1 aromatic heterocycles. The van der Waals surface area contributed by atoms with Gasteiger partial charge < -0.3 is 5.32 Å². The van der Waals surface area contributed by atoms with E-state index in [9.17, 15) is 0 Å². The molecule has 0 saturated heterocycles. The number of nitrogens with one attached hydrogen (secondary N) is 1. The maximum absolute atomic E-state index is 3.71. The molecule has 0 aliphatic rings. The van der Waals surface area contributed by atoms with E-state index >= 15 is 0 Å². The molecule has 1 nitrogen and oxygen atoms in total. The van der Waals surface area contributed by atoms with Gasteiger partial charge in [-0.2, -0.15) is 0 Å². The maximum Gasteiger partial charge on any atom is 0.0115 e. The lowest BCUT2D eigenvalue weighted by Crippen LogP contribution is -2.32. The van der Waals surface area contributed by atoms with Crippen LogP contribution in [0.5, 0.6) is 0 Å². The Bertz CT molecular complexity index is 436. The highest BCUT2D eigenvalue weighted by atomic mass is 32.1. The van der Waals surface area contributed by atoms with Crippen LogP contribution in [0, 0.1) is 0 Å². The molecule has 1 aromatic carbocycles. The van der Waals surface area contributed by atoms with Crippen molar-refractivity contribution in [1.82, 2.24) is 5.32 Å². The first-order valence-electron chi connectivity index (χ1n) is 7.18. The molecule has 0 amide bonds. The van der Waals surface area contributed by atoms with Gasteiger partial charge in [0.1, 0.15) is 0 Å². The van der Waals surface area contributed by atoms with Gasteiger partial charge in [-0.05, 0) is 42.8 Å². The number of rotatable bonds is 8. The molecular formula is C17H23NS. The topological polar surface area (TPSA) is 12.0 Å². The average Bonchev–Trinajstić information content (AvgIpc) is 2.93. The van der Waals surface area contributed by atoms with Crippen LogP contribution in [-0.2, 0) is 12.8 Å².